The molecule has 0 aliphatic rings. The van der Waals surface area contributed by atoms with E-state index in [1.54, 1.807) is 0 Å². The molecule has 0 aromatic carbocycles. The molecule has 111 valence electrons. The van der Waals surface area contributed by atoms with Crippen LogP contribution in [-0.2, 0) is 0 Å². The fourth-order valence-electron chi connectivity index (χ4n) is 2.16. The Hall–Kier alpha value is -0.520. The minimum absolute atomic E-state index is 1.11. The molecular formula is C19H35. The van der Waals surface area contributed by atoms with E-state index in [1.165, 1.54) is 70.6 Å². The van der Waals surface area contributed by atoms with Crippen molar-refractivity contribution in [2.24, 2.45) is 0 Å². The summed E-state index contributed by atoms with van der Waals surface area (Å²) in [6.45, 7) is 6.13. The predicted molar refractivity (Wildman–Crippen MR) is 89.3 cm³/mol. The van der Waals surface area contributed by atoms with Gasteiger partial charge in [-0.25, -0.2) is 0 Å². The van der Waals surface area contributed by atoms with Crippen molar-refractivity contribution in [1.82, 2.24) is 0 Å². The maximum absolute atomic E-state index is 3.87. The van der Waals surface area contributed by atoms with E-state index < -0.39 is 0 Å². The van der Waals surface area contributed by atoms with Crippen molar-refractivity contribution in [2.75, 3.05) is 0 Å². The third-order valence-corrected chi connectivity index (χ3v) is 3.45. The molecule has 0 aromatic rings. The fraction of sp³-hybridized carbons (Fsp3) is 0.737. The van der Waals surface area contributed by atoms with E-state index >= 15 is 0 Å². The van der Waals surface area contributed by atoms with Crippen LogP contribution in [0.4, 0.5) is 0 Å². The third-order valence-electron chi connectivity index (χ3n) is 3.45. The monoisotopic (exact) mass is 263 g/mol. The van der Waals surface area contributed by atoms with E-state index in [1.807, 2.05) is 0 Å². The van der Waals surface area contributed by atoms with Gasteiger partial charge in [0.05, 0.1) is 0 Å². The predicted octanol–water partition coefficient (Wildman–Crippen LogP) is 7.02. The Balaban J connectivity index is 3.12. The summed E-state index contributed by atoms with van der Waals surface area (Å²) in [6.07, 6.45) is 26.4. The zero-order valence-electron chi connectivity index (χ0n) is 13.2. The van der Waals surface area contributed by atoms with Gasteiger partial charge >= 0.3 is 0 Å². The van der Waals surface area contributed by atoms with Crippen LogP contribution in [0.1, 0.15) is 90.4 Å². The lowest BCUT2D eigenvalue weighted by molar-refractivity contribution is 0.599. The Labute approximate surface area is 122 Å². The lowest BCUT2D eigenvalue weighted by Crippen LogP contribution is -1.78. The topological polar surface area (TPSA) is 0 Å². The zero-order valence-corrected chi connectivity index (χ0v) is 13.2. The van der Waals surface area contributed by atoms with Crippen molar-refractivity contribution in [3.63, 3.8) is 0 Å². The van der Waals surface area contributed by atoms with Gasteiger partial charge in [0.1, 0.15) is 0 Å². The standard InChI is InChI=1S/C19H35/c1-3-5-7-9-11-13-15-17-19-18-16-14-12-10-8-6-4-2/h12,14,18-19H,1,3-11,13,15-17H2,2H3/b14-12?,19-18-. The molecule has 0 nitrogen and oxygen atoms in total. The van der Waals surface area contributed by atoms with Gasteiger partial charge in [0, 0.05) is 0 Å². The van der Waals surface area contributed by atoms with E-state index in [-0.39, 0.29) is 0 Å². The second kappa shape index (κ2) is 17.5. The highest BCUT2D eigenvalue weighted by Gasteiger charge is 1.89. The van der Waals surface area contributed by atoms with Gasteiger partial charge < -0.3 is 0 Å². The van der Waals surface area contributed by atoms with Gasteiger partial charge in [-0.05, 0) is 32.1 Å². The van der Waals surface area contributed by atoms with Crippen molar-refractivity contribution in [2.45, 2.75) is 90.4 Å². The molecule has 0 atom stereocenters. The van der Waals surface area contributed by atoms with Gasteiger partial charge in [0.15, 0.2) is 0 Å². The third kappa shape index (κ3) is 17.5. The van der Waals surface area contributed by atoms with Crippen molar-refractivity contribution in [1.29, 1.82) is 0 Å². The summed E-state index contributed by atoms with van der Waals surface area (Å²) >= 11 is 0. The SMILES string of the molecule is [CH2]CCCCCCCC/C=C\CC=CCCCCC. The largest absolute Gasteiger partial charge is 0.0882 e. The van der Waals surface area contributed by atoms with Crippen LogP contribution >= 0.6 is 0 Å². The van der Waals surface area contributed by atoms with E-state index in [2.05, 4.69) is 38.2 Å². The van der Waals surface area contributed by atoms with Gasteiger partial charge in [-0.2, -0.15) is 0 Å². The molecule has 0 N–H and O–H groups in total. The van der Waals surface area contributed by atoms with Crippen molar-refractivity contribution in [3.05, 3.63) is 31.2 Å². The molecule has 0 saturated heterocycles. The van der Waals surface area contributed by atoms with Crippen LogP contribution in [0.25, 0.3) is 0 Å². The van der Waals surface area contributed by atoms with Gasteiger partial charge in [-0.15, -0.1) is 0 Å². The first-order chi connectivity index (χ1) is 9.41. The zero-order chi connectivity index (χ0) is 14.0. The molecule has 0 unspecified atom stereocenters. The second-order valence-corrected chi connectivity index (χ2v) is 5.44. The average Bonchev–Trinajstić information content (AvgIpc) is 2.43. The van der Waals surface area contributed by atoms with E-state index in [0.29, 0.717) is 0 Å². The summed E-state index contributed by atoms with van der Waals surface area (Å²) in [4.78, 5) is 0. The van der Waals surface area contributed by atoms with Crippen LogP contribution < -0.4 is 0 Å². The Bertz CT molecular complexity index is 200. The minimum atomic E-state index is 1.11. The first-order valence-corrected chi connectivity index (χ1v) is 8.51. The molecule has 0 heteroatoms. The Kier molecular flexibility index (Phi) is 17.0. The lowest BCUT2D eigenvalue weighted by atomic mass is 10.1. The number of allylic oxidation sites excluding steroid dienone is 4. The first-order valence-electron chi connectivity index (χ1n) is 8.51. The molecule has 0 spiro atoms. The highest BCUT2D eigenvalue weighted by atomic mass is 14.0. The molecule has 0 rings (SSSR count). The lowest BCUT2D eigenvalue weighted by Gasteiger charge is -1.98. The minimum Gasteiger partial charge on any atom is -0.0882 e. The Morgan fingerprint density at radius 3 is 1.74 bits per heavy atom. The summed E-state index contributed by atoms with van der Waals surface area (Å²) in [7, 11) is 0. The molecule has 0 bridgehead atoms. The molecule has 19 heavy (non-hydrogen) atoms. The summed E-state index contributed by atoms with van der Waals surface area (Å²) in [6, 6.07) is 0. The molecule has 0 aliphatic heterocycles. The van der Waals surface area contributed by atoms with Crippen LogP contribution in [0.5, 0.6) is 0 Å². The Morgan fingerprint density at radius 1 is 0.632 bits per heavy atom. The van der Waals surface area contributed by atoms with Crippen LogP contribution in [0.15, 0.2) is 24.3 Å². The van der Waals surface area contributed by atoms with Gasteiger partial charge in [-0.3, -0.25) is 0 Å². The summed E-state index contributed by atoms with van der Waals surface area (Å²) < 4.78 is 0. The van der Waals surface area contributed by atoms with Crippen molar-refractivity contribution >= 4 is 0 Å². The molecule has 0 aliphatic carbocycles. The highest BCUT2D eigenvalue weighted by molar-refractivity contribution is 4.92. The molecule has 0 saturated carbocycles. The number of hydrogen-bond acceptors (Lipinski definition) is 0. The van der Waals surface area contributed by atoms with Gasteiger partial charge in [0.2, 0.25) is 0 Å². The average molecular weight is 263 g/mol. The van der Waals surface area contributed by atoms with E-state index in [4.69, 9.17) is 0 Å². The first kappa shape index (κ1) is 18.5. The molecule has 0 fully saturated rings. The van der Waals surface area contributed by atoms with Gasteiger partial charge in [0.25, 0.3) is 0 Å². The molecule has 1 radical (unpaired) electrons. The van der Waals surface area contributed by atoms with Crippen molar-refractivity contribution < 1.29 is 0 Å². The maximum Gasteiger partial charge on any atom is -0.0169 e. The van der Waals surface area contributed by atoms with E-state index in [0.717, 1.165) is 12.8 Å². The smallest absolute Gasteiger partial charge is 0.0169 e. The number of unbranched alkanes of at least 4 members (excludes halogenated alkanes) is 10. The molecule has 0 amide bonds. The van der Waals surface area contributed by atoms with Crippen LogP contribution in [-0.4, -0.2) is 0 Å². The fourth-order valence-corrected chi connectivity index (χ4v) is 2.16. The van der Waals surface area contributed by atoms with Crippen LogP contribution in [0.2, 0.25) is 0 Å². The summed E-state index contributed by atoms with van der Waals surface area (Å²) in [5.41, 5.74) is 0. The van der Waals surface area contributed by atoms with Crippen molar-refractivity contribution in [3.8, 4) is 0 Å². The quantitative estimate of drug-likeness (QED) is 0.233. The van der Waals surface area contributed by atoms with E-state index in [9.17, 15) is 0 Å². The van der Waals surface area contributed by atoms with Gasteiger partial charge in [-0.1, -0.05) is 89.5 Å². The number of rotatable bonds is 14. The van der Waals surface area contributed by atoms with Crippen LogP contribution in [0.3, 0.4) is 0 Å². The molecule has 0 heterocycles. The normalized spacial score (nSPS) is 11.9. The molecular weight excluding hydrogens is 228 g/mol. The molecule has 0 aromatic heterocycles. The summed E-state index contributed by atoms with van der Waals surface area (Å²) in [5, 5.41) is 0. The number of hydrogen-bond donors (Lipinski definition) is 0. The second-order valence-electron chi connectivity index (χ2n) is 5.44. The maximum atomic E-state index is 3.87. The highest BCUT2D eigenvalue weighted by Crippen LogP contribution is 2.08. The summed E-state index contributed by atoms with van der Waals surface area (Å²) in [5.74, 6) is 0. The Morgan fingerprint density at radius 2 is 1.16 bits per heavy atom. The van der Waals surface area contributed by atoms with Crippen LogP contribution in [0, 0.1) is 6.92 Å².